The number of aromatic nitrogens is 3. The molecule has 1 aromatic carbocycles. The molecule has 0 aliphatic carbocycles. The van der Waals surface area contributed by atoms with Gasteiger partial charge in [-0.3, -0.25) is 14.7 Å². The Morgan fingerprint density at radius 3 is 2.59 bits per heavy atom. The SMILES string of the molecule is CC(C)c1ccc(Cc2nnc(NCCCN3CCOCC3)[nH]c2=O)cc1. The van der Waals surface area contributed by atoms with Crippen LogP contribution in [-0.4, -0.2) is 59.5 Å². The summed E-state index contributed by atoms with van der Waals surface area (Å²) < 4.78 is 5.34. The number of morpholine rings is 1. The number of ether oxygens (including phenoxy) is 1. The first-order valence-corrected chi connectivity index (χ1v) is 9.70. The first-order valence-electron chi connectivity index (χ1n) is 9.70. The van der Waals surface area contributed by atoms with E-state index in [1.54, 1.807) is 0 Å². The highest BCUT2D eigenvalue weighted by Crippen LogP contribution is 2.15. The molecule has 2 heterocycles. The van der Waals surface area contributed by atoms with Crippen LogP contribution in [0.1, 0.15) is 43.0 Å². The van der Waals surface area contributed by atoms with Crippen molar-refractivity contribution in [2.24, 2.45) is 0 Å². The van der Waals surface area contributed by atoms with Crippen LogP contribution < -0.4 is 10.9 Å². The van der Waals surface area contributed by atoms with Gasteiger partial charge >= 0.3 is 0 Å². The largest absolute Gasteiger partial charge is 0.379 e. The minimum absolute atomic E-state index is 0.186. The molecular weight excluding hydrogens is 342 g/mol. The van der Waals surface area contributed by atoms with Crippen molar-refractivity contribution in [1.82, 2.24) is 20.1 Å². The molecule has 0 atom stereocenters. The fourth-order valence-electron chi connectivity index (χ4n) is 3.10. The van der Waals surface area contributed by atoms with Gasteiger partial charge in [-0.05, 0) is 30.0 Å². The van der Waals surface area contributed by atoms with Crippen LogP contribution in [0, 0.1) is 0 Å². The predicted molar refractivity (Wildman–Crippen MR) is 106 cm³/mol. The van der Waals surface area contributed by atoms with Gasteiger partial charge in [0.2, 0.25) is 5.95 Å². The van der Waals surface area contributed by atoms with E-state index in [-0.39, 0.29) is 5.56 Å². The summed E-state index contributed by atoms with van der Waals surface area (Å²) in [5.41, 5.74) is 2.60. The van der Waals surface area contributed by atoms with Crippen LogP contribution in [0.2, 0.25) is 0 Å². The van der Waals surface area contributed by atoms with Crippen molar-refractivity contribution < 1.29 is 4.74 Å². The summed E-state index contributed by atoms with van der Waals surface area (Å²) in [4.78, 5) is 17.5. The number of H-pyrrole nitrogens is 1. The van der Waals surface area contributed by atoms with Crippen molar-refractivity contribution in [3.05, 3.63) is 51.4 Å². The molecule has 0 spiro atoms. The average Bonchev–Trinajstić information content (AvgIpc) is 2.68. The summed E-state index contributed by atoms with van der Waals surface area (Å²) >= 11 is 0. The summed E-state index contributed by atoms with van der Waals surface area (Å²) in [6.07, 6.45) is 1.46. The lowest BCUT2D eigenvalue weighted by Crippen LogP contribution is -2.37. The molecule has 3 rings (SSSR count). The van der Waals surface area contributed by atoms with E-state index in [1.807, 2.05) is 12.1 Å². The highest BCUT2D eigenvalue weighted by molar-refractivity contribution is 5.28. The van der Waals surface area contributed by atoms with E-state index in [2.05, 4.69) is 51.4 Å². The predicted octanol–water partition coefficient (Wildman–Crippen LogP) is 2.01. The standard InChI is InChI=1S/C20H29N5O2/c1-15(2)17-6-4-16(5-7-17)14-18-19(26)22-20(24-23-18)21-8-3-9-25-10-12-27-13-11-25/h4-7,15H,3,8-14H2,1-2H3,(H2,21,22,24,26). The first-order chi connectivity index (χ1) is 13.1. The lowest BCUT2D eigenvalue weighted by atomic mass is 10.0. The Kier molecular flexibility index (Phi) is 6.95. The second-order valence-corrected chi connectivity index (χ2v) is 7.26. The van der Waals surface area contributed by atoms with Gasteiger partial charge < -0.3 is 10.1 Å². The quantitative estimate of drug-likeness (QED) is 0.691. The highest BCUT2D eigenvalue weighted by Gasteiger charge is 2.10. The van der Waals surface area contributed by atoms with Gasteiger partial charge in [0.25, 0.3) is 5.56 Å². The van der Waals surface area contributed by atoms with Gasteiger partial charge in [0.1, 0.15) is 5.69 Å². The summed E-state index contributed by atoms with van der Waals surface area (Å²) in [6, 6.07) is 8.31. The summed E-state index contributed by atoms with van der Waals surface area (Å²) in [5.74, 6) is 0.928. The molecule has 1 saturated heterocycles. The fraction of sp³-hybridized carbons (Fsp3) is 0.550. The third-order valence-corrected chi connectivity index (χ3v) is 4.83. The van der Waals surface area contributed by atoms with Crippen molar-refractivity contribution in [1.29, 1.82) is 0 Å². The maximum absolute atomic E-state index is 12.3. The highest BCUT2D eigenvalue weighted by atomic mass is 16.5. The van der Waals surface area contributed by atoms with Gasteiger partial charge in [-0.25, -0.2) is 0 Å². The molecule has 27 heavy (non-hydrogen) atoms. The number of hydrogen-bond donors (Lipinski definition) is 2. The number of hydrogen-bond acceptors (Lipinski definition) is 6. The maximum Gasteiger partial charge on any atom is 0.274 e. The minimum Gasteiger partial charge on any atom is -0.379 e. The molecule has 7 nitrogen and oxygen atoms in total. The zero-order valence-electron chi connectivity index (χ0n) is 16.2. The third-order valence-electron chi connectivity index (χ3n) is 4.83. The number of anilines is 1. The normalized spacial score (nSPS) is 15.2. The van der Waals surface area contributed by atoms with E-state index in [1.165, 1.54) is 5.56 Å². The summed E-state index contributed by atoms with van der Waals surface area (Å²) in [7, 11) is 0. The van der Waals surface area contributed by atoms with Crippen molar-refractivity contribution in [3.8, 4) is 0 Å². The van der Waals surface area contributed by atoms with E-state index < -0.39 is 0 Å². The van der Waals surface area contributed by atoms with E-state index in [4.69, 9.17) is 4.74 Å². The zero-order chi connectivity index (χ0) is 19.1. The molecule has 2 aromatic rings. The van der Waals surface area contributed by atoms with E-state index in [0.717, 1.165) is 51.4 Å². The van der Waals surface area contributed by atoms with Gasteiger partial charge in [0, 0.05) is 26.1 Å². The van der Waals surface area contributed by atoms with Crippen LogP contribution >= 0.6 is 0 Å². The minimum atomic E-state index is -0.186. The number of nitrogens with zero attached hydrogens (tertiary/aromatic N) is 3. The molecule has 0 saturated carbocycles. The van der Waals surface area contributed by atoms with Crippen LogP contribution in [0.3, 0.4) is 0 Å². The molecule has 146 valence electrons. The first kappa shape index (κ1) is 19.5. The molecule has 0 radical (unpaired) electrons. The smallest absolute Gasteiger partial charge is 0.274 e. The van der Waals surface area contributed by atoms with Crippen LogP contribution in [0.15, 0.2) is 29.1 Å². The Labute approximate surface area is 160 Å². The zero-order valence-corrected chi connectivity index (χ0v) is 16.2. The molecule has 7 heteroatoms. The summed E-state index contributed by atoms with van der Waals surface area (Å²) in [5, 5.41) is 11.4. The molecule has 1 aliphatic rings. The van der Waals surface area contributed by atoms with Crippen molar-refractivity contribution in [2.45, 2.75) is 32.6 Å². The Hall–Kier alpha value is -2.25. The molecule has 1 aromatic heterocycles. The molecule has 0 amide bonds. The van der Waals surface area contributed by atoms with Gasteiger partial charge in [-0.15, -0.1) is 10.2 Å². The molecule has 2 N–H and O–H groups in total. The van der Waals surface area contributed by atoms with E-state index in [0.29, 0.717) is 24.0 Å². The lowest BCUT2D eigenvalue weighted by Gasteiger charge is -2.26. The second-order valence-electron chi connectivity index (χ2n) is 7.26. The molecular formula is C20H29N5O2. The monoisotopic (exact) mass is 371 g/mol. The maximum atomic E-state index is 12.3. The van der Waals surface area contributed by atoms with Crippen LogP contribution in [0.25, 0.3) is 0 Å². The van der Waals surface area contributed by atoms with E-state index >= 15 is 0 Å². The third kappa shape index (κ3) is 5.87. The van der Waals surface area contributed by atoms with Crippen LogP contribution in [-0.2, 0) is 11.2 Å². The van der Waals surface area contributed by atoms with E-state index in [9.17, 15) is 4.79 Å². The Morgan fingerprint density at radius 1 is 1.19 bits per heavy atom. The van der Waals surface area contributed by atoms with Crippen LogP contribution in [0.5, 0.6) is 0 Å². The summed E-state index contributed by atoms with van der Waals surface area (Å²) in [6.45, 7) is 9.70. The van der Waals surface area contributed by atoms with Gasteiger partial charge in [0.05, 0.1) is 13.2 Å². The number of aromatic amines is 1. The van der Waals surface area contributed by atoms with Crippen molar-refractivity contribution in [3.63, 3.8) is 0 Å². The van der Waals surface area contributed by atoms with Crippen molar-refractivity contribution in [2.75, 3.05) is 44.7 Å². The molecule has 1 aliphatic heterocycles. The number of benzene rings is 1. The average molecular weight is 371 g/mol. The van der Waals surface area contributed by atoms with Crippen molar-refractivity contribution >= 4 is 5.95 Å². The topological polar surface area (TPSA) is 83.1 Å². The molecule has 0 unspecified atom stereocenters. The van der Waals surface area contributed by atoms with Crippen LogP contribution in [0.4, 0.5) is 5.95 Å². The molecule has 1 fully saturated rings. The number of nitrogens with one attached hydrogen (secondary N) is 2. The molecule has 0 bridgehead atoms. The Bertz CT molecular complexity index is 767. The van der Waals surface area contributed by atoms with Gasteiger partial charge in [-0.1, -0.05) is 38.1 Å². The second kappa shape index (κ2) is 9.62. The Morgan fingerprint density at radius 2 is 1.93 bits per heavy atom. The number of rotatable bonds is 8. The fourth-order valence-corrected chi connectivity index (χ4v) is 3.10. The lowest BCUT2D eigenvalue weighted by molar-refractivity contribution is 0.0378. The Balaban J connectivity index is 1.48. The van der Waals surface area contributed by atoms with Gasteiger partial charge in [0.15, 0.2) is 0 Å². The van der Waals surface area contributed by atoms with Gasteiger partial charge in [-0.2, -0.15) is 0 Å².